The van der Waals surface area contributed by atoms with Crippen LogP contribution in [0.15, 0.2) is 11.1 Å². The molecule has 118 valence electrons. The van der Waals surface area contributed by atoms with Crippen LogP contribution in [0.2, 0.25) is 0 Å². The second kappa shape index (κ2) is 5.19. The molecule has 0 unspecified atom stereocenters. The summed E-state index contributed by atoms with van der Waals surface area (Å²) in [6.07, 6.45) is 4.28. The van der Waals surface area contributed by atoms with Crippen molar-refractivity contribution in [2.75, 3.05) is 0 Å². The van der Waals surface area contributed by atoms with E-state index in [4.69, 9.17) is 5.11 Å². The number of carbonyl (C=O) groups is 1. The molecular weight excluding hydrogens is 300 g/mol. The predicted octanol–water partition coefficient (Wildman–Crippen LogP) is 2.69. The fourth-order valence-corrected chi connectivity index (χ4v) is 4.46. The van der Waals surface area contributed by atoms with Crippen molar-refractivity contribution in [2.45, 2.75) is 46.6 Å². The number of rotatable bonds is 2. The molecule has 0 fully saturated rings. The Kier molecular flexibility index (Phi) is 3.59. The van der Waals surface area contributed by atoms with Gasteiger partial charge in [0.2, 0.25) is 0 Å². The molecule has 3 rings (SSSR count). The van der Waals surface area contributed by atoms with Gasteiger partial charge >= 0.3 is 5.97 Å². The van der Waals surface area contributed by atoms with Gasteiger partial charge in [-0.3, -0.25) is 14.2 Å². The highest BCUT2D eigenvalue weighted by Crippen LogP contribution is 2.41. The van der Waals surface area contributed by atoms with E-state index < -0.39 is 5.97 Å². The number of hydrogen-bond donors (Lipinski definition) is 1. The molecule has 2 heterocycles. The van der Waals surface area contributed by atoms with E-state index in [1.807, 2.05) is 0 Å². The van der Waals surface area contributed by atoms with E-state index in [0.29, 0.717) is 11.3 Å². The highest BCUT2D eigenvalue weighted by atomic mass is 32.1. The smallest absolute Gasteiger partial charge is 0.323 e. The van der Waals surface area contributed by atoms with Crippen molar-refractivity contribution in [3.8, 4) is 0 Å². The van der Waals surface area contributed by atoms with Crippen molar-refractivity contribution in [3.05, 3.63) is 27.1 Å². The van der Waals surface area contributed by atoms with Crippen molar-refractivity contribution >= 4 is 27.5 Å². The van der Waals surface area contributed by atoms with E-state index in [9.17, 15) is 9.59 Å². The van der Waals surface area contributed by atoms with Gasteiger partial charge in [0.25, 0.3) is 5.56 Å². The van der Waals surface area contributed by atoms with Gasteiger partial charge in [-0.2, -0.15) is 0 Å². The minimum absolute atomic E-state index is 0.223. The summed E-state index contributed by atoms with van der Waals surface area (Å²) in [5, 5.41) is 9.53. The van der Waals surface area contributed by atoms with E-state index >= 15 is 0 Å². The molecule has 5 nitrogen and oxygen atoms in total. The minimum Gasteiger partial charge on any atom is -0.480 e. The summed E-state index contributed by atoms with van der Waals surface area (Å²) in [5.41, 5.74) is 1.13. The molecule has 0 saturated heterocycles. The first-order chi connectivity index (χ1) is 10.3. The van der Waals surface area contributed by atoms with Crippen LogP contribution in [0.25, 0.3) is 10.2 Å². The zero-order valence-electron chi connectivity index (χ0n) is 13.0. The molecule has 1 aliphatic carbocycles. The van der Waals surface area contributed by atoms with Gasteiger partial charge in [-0.1, -0.05) is 20.8 Å². The van der Waals surface area contributed by atoms with Crippen LogP contribution in [0.3, 0.4) is 0 Å². The number of carboxylic acids is 1. The first kappa shape index (κ1) is 15.2. The van der Waals surface area contributed by atoms with Gasteiger partial charge < -0.3 is 5.11 Å². The average Bonchev–Trinajstić information content (AvgIpc) is 2.78. The first-order valence-corrected chi connectivity index (χ1v) is 8.30. The SMILES string of the molecule is CC(C)(C)[C@@H]1CCc2c(sc3ncn(CC(=O)O)c(=O)c23)C1. The highest BCUT2D eigenvalue weighted by Gasteiger charge is 2.31. The van der Waals surface area contributed by atoms with Gasteiger partial charge in [0.1, 0.15) is 11.4 Å². The van der Waals surface area contributed by atoms with Crippen LogP contribution in [-0.4, -0.2) is 20.6 Å². The zero-order valence-corrected chi connectivity index (χ0v) is 13.9. The molecule has 0 spiro atoms. The number of aliphatic carboxylic acids is 1. The number of fused-ring (bicyclic) bond motifs is 3. The van der Waals surface area contributed by atoms with Crippen LogP contribution in [0.1, 0.15) is 37.6 Å². The third kappa shape index (κ3) is 2.56. The van der Waals surface area contributed by atoms with Crippen LogP contribution in [0, 0.1) is 11.3 Å². The van der Waals surface area contributed by atoms with Crippen molar-refractivity contribution in [2.24, 2.45) is 11.3 Å². The number of aromatic nitrogens is 2. The highest BCUT2D eigenvalue weighted by molar-refractivity contribution is 7.18. The summed E-state index contributed by atoms with van der Waals surface area (Å²) in [6.45, 7) is 6.44. The van der Waals surface area contributed by atoms with Gasteiger partial charge in [-0.25, -0.2) is 4.98 Å². The molecule has 1 atom stereocenters. The lowest BCUT2D eigenvalue weighted by atomic mass is 9.72. The Hall–Kier alpha value is -1.69. The topological polar surface area (TPSA) is 72.2 Å². The quantitative estimate of drug-likeness (QED) is 0.923. The molecule has 0 amide bonds. The zero-order chi connectivity index (χ0) is 16.1. The minimum atomic E-state index is -1.03. The summed E-state index contributed by atoms with van der Waals surface area (Å²) in [6, 6.07) is 0. The second-order valence-corrected chi connectivity index (χ2v) is 8.14. The third-order valence-electron chi connectivity index (χ3n) is 4.57. The molecule has 1 aliphatic rings. The predicted molar refractivity (Wildman–Crippen MR) is 86.5 cm³/mol. The molecule has 22 heavy (non-hydrogen) atoms. The molecular formula is C16H20N2O3S. The fourth-order valence-electron chi connectivity index (χ4n) is 3.20. The van der Waals surface area contributed by atoms with Crippen LogP contribution in [0.5, 0.6) is 0 Å². The summed E-state index contributed by atoms with van der Waals surface area (Å²) < 4.78 is 1.19. The van der Waals surface area contributed by atoms with Gasteiger partial charge in [0, 0.05) is 4.88 Å². The van der Waals surface area contributed by atoms with Gasteiger partial charge in [-0.05, 0) is 36.2 Å². The Bertz CT molecular complexity index is 798. The molecule has 2 aromatic rings. The van der Waals surface area contributed by atoms with Crippen molar-refractivity contribution < 1.29 is 9.90 Å². The van der Waals surface area contributed by atoms with Gasteiger partial charge in [-0.15, -0.1) is 11.3 Å². The number of nitrogens with zero attached hydrogens (tertiary/aromatic N) is 2. The largest absolute Gasteiger partial charge is 0.480 e. The molecule has 0 aliphatic heterocycles. The molecule has 1 N–H and O–H groups in total. The summed E-state index contributed by atoms with van der Waals surface area (Å²) in [5.74, 6) is -0.422. The van der Waals surface area contributed by atoms with E-state index in [-0.39, 0.29) is 17.5 Å². The van der Waals surface area contributed by atoms with Crippen LogP contribution < -0.4 is 5.56 Å². The maximum atomic E-state index is 12.5. The average molecular weight is 320 g/mol. The second-order valence-electron chi connectivity index (χ2n) is 7.06. The number of thiophene rings is 1. The molecule has 0 aromatic carbocycles. The van der Waals surface area contributed by atoms with Crippen LogP contribution in [-0.2, 0) is 24.2 Å². The molecule has 0 bridgehead atoms. The summed E-state index contributed by atoms with van der Waals surface area (Å²) in [7, 11) is 0. The Morgan fingerprint density at radius 3 is 2.86 bits per heavy atom. The Morgan fingerprint density at radius 2 is 2.23 bits per heavy atom. The number of carboxylic acid groups (broad SMARTS) is 1. The monoisotopic (exact) mass is 320 g/mol. The Morgan fingerprint density at radius 1 is 1.50 bits per heavy atom. The fraction of sp³-hybridized carbons (Fsp3) is 0.562. The van der Waals surface area contributed by atoms with Crippen molar-refractivity contribution in [3.63, 3.8) is 0 Å². The normalized spacial score (nSPS) is 18.4. The number of hydrogen-bond acceptors (Lipinski definition) is 4. The maximum Gasteiger partial charge on any atom is 0.323 e. The third-order valence-corrected chi connectivity index (χ3v) is 5.73. The summed E-state index contributed by atoms with van der Waals surface area (Å²) in [4.78, 5) is 29.7. The van der Waals surface area contributed by atoms with Crippen LogP contribution in [0.4, 0.5) is 0 Å². The number of aryl methyl sites for hydroxylation is 1. The molecule has 0 saturated carbocycles. The lowest BCUT2D eigenvalue weighted by Gasteiger charge is -2.33. The lowest BCUT2D eigenvalue weighted by Crippen LogP contribution is -2.27. The molecule has 6 heteroatoms. The van der Waals surface area contributed by atoms with E-state index in [1.54, 1.807) is 11.3 Å². The molecule has 2 aromatic heterocycles. The van der Waals surface area contributed by atoms with E-state index in [1.165, 1.54) is 15.8 Å². The maximum absolute atomic E-state index is 12.5. The van der Waals surface area contributed by atoms with Crippen LogP contribution >= 0.6 is 11.3 Å². The van der Waals surface area contributed by atoms with E-state index in [2.05, 4.69) is 25.8 Å². The van der Waals surface area contributed by atoms with E-state index in [0.717, 1.165) is 29.7 Å². The Labute approximate surface area is 132 Å². The van der Waals surface area contributed by atoms with Gasteiger partial charge in [0.05, 0.1) is 11.7 Å². The Balaban J connectivity index is 2.08. The van der Waals surface area contributed by atoms with Crippen molar-refractivity contribution in [1.29, 1.82) is 0 Å². The standard InChI is InChI=1S/C16H20N2O3S/c1-16(2,3)9-4-5-10-11(6-9)22-14-13(10)15(21)18(8-17-14)7-12(19)20/h8-9H,4-7H2,1-3H3,(H,19,20)/t9-/m1/s1. The van der Waals surface area contributed by atoms with Gasteiger partial charge in [0.15, 0.2) is 0 Å². The first-order valence-electron chi connectivity index (χ1n) is 7.49. The summed E-state index contributed by atoms with van der Waals surface area (Å²) >= 11 is 1.59. The lowest BCUT2D eigenvalue weighted by molar-refractivity contribution is -0.137. The van der Waals surface area contributed by atoms with Crippen molar-refractivity contribution in [1.82, 2.24) is 9.55 Å². The molecule has 0 radical (unpaired) electrons.